The van der Waals surface area contributed by atoms with Crippen LogP contribution in [0.4, 0.5) is 0 Å². The summed E-state index contributed by atoms with van der Waals surface area (Å²) < 4.78 is 12.2. The maximum atomic E-state index is 12.8. The third-order valence-electron chi connectivity index (χ3n) is 4.78. The van der Waals surface area contributed by atoms with E-state index in [1.165, 1.54) is 18.8 Å². The van der Waals surface area contributed by atoms with Crippen molar-refractivity contribution in [2.45, 2.75) is 27.3 Å². The lowest BCUT2D eigenvalue weighted by atomic mass is 10.1. The Bertz CT molecular complexity index is 856. The van der Waals surface area contributed by atoms with Crippen LogP contribution in [0.1, 0.15) is 31.1 Å². The number of aryl methyl sites for hydroxylation is 1. The second-order valence-electron chi connectivity index (χ2n) is 6.17. The van der Waals surface area contributed by atoms with Gasteiger partial charge >= 0.3 is 0 Å². The molecule has 0 atom stereocenters. The number of carbonyl (C=O) groups is 1. The molecule has 2 rings (SSSR count). The first-order chi connectivity index (χ1) is 13.0. The minimum absolute atomic E-state index is 0.159. The number of nitrogens with zero attached hydrogens (tertiary/aromatic N) is 2. The molecule has 0 radical (unpaired) electrons. The third-order valence-corrected chi connectivity index (χ3v) is 4.78. The molecule has 0 unspecified atom stereocenters. The molecule has 1 amide bonds. The lowest BCUT2D eigenvalue weighted by Crippen LogP contribution is -2.35. The number of rotatable bonds is 9. The molecule has 0 saturated heterocycles. The fourth-order valence-corrected chi connectivity index (χ4v) is 3.10. The number of hydrogen-bond acceptors (Lipinski definition) is 5. The van der Waals surface area contributed by atoms with Crippen molar-refractivity contribution in [3.63, 3.8) is 0 Å². The summed E-state index contributed by atoms with van der Waals surface area (Å²) in [6, 6.07) is 3.32. The van der Waals surface area contributed by atoms with E-state index in [0.29, 0.717) is 40.9 Å². The summed E-state index contributed by atoms with van der Waals surface area (Å²) >= 11 is 0. The first-order valence-electron chi connectivity index (χ1n) is 9.30. The fraction of sp³-hybridized carbons (Fsp3) is 0.500. The molecule has 1 aromatic heterocycles. The Morgan fingerprint density at radius 1 is 1.07 bits per heavy atom. The first kappa shape index (κ1) is 20.8. The molecule has 148 valence electrons. The SMILES string of the molecule is CCN(CC)CCNC(=O)c1cn(CC)c(=O)c2cc(OC)c(OC)cc12. The summed E-state index contributed by atoms with van der Waals surface area (Å²) in [6.45, 7) is 9.73. The van der Waals surface area contributed by atoms with Crippen LogP contribution in [0.15, 0.2) is 23.1 Å². The monoisotopic (exact) mass is 375 g/mol. The second-order valence-corrected chi connectivity index (χ2v) is 6.17. The molecule has 0 saturated carbocycles. The molecule has 1 N–H and O–H groups in total. The van der Waals surface area contributed by atoms with Crippen LogP contribution in [0.5, 0.6) is 11.5 Å². The molecular formula is C20H29N3O4. The van der Waals surface area contributed by atoms with Gasteiger partial charge in [-0.1, -0.05) is 13.8 Å². The lowest BCUT2D eigenvalue weighted by molar-refractivity contribution is 0.0950. The maximum absolute atomic E-state index is 12.8. The van der Waals surface area contributed by atoms with Gasteiger partial charge in [0.15, 0.2) is 11.5 Å². The quantitative estimate of drug-likeness (QED) is 0.727. The Hall–Kier alpha value is -2.54. The summed E-state index contributed by atoms with van der Waals surface area (Å²) in [6.07, 6.45) is 1.61. The Balaban J connectivity index is 2.46. The molecule has 0 aliphatic carbocycles. The number of fused-ring (bicyclic) bond motifs is 1. The number of benzene rings is 1. The van der Waals surface area contributed by atoms with Crippen LogP contribution >= 0.6 is 0 Å². The molecule has 0 bridgehead atoms. The van der Waals surface area contributed by atoms with E-state index in [4.69, 9.17) is 9.47 Å². The van der Waals surface area contributed by atoms with E-state index in [2.05, 4.69) is 24.1 Å². The van der Waals surface area contributed by atoms with Gasteiger partial charge in [0.2, 0.25) is 0 Å². The van der Waals surface area contributed by atoms with Gasteiger partial charge in [-0.2, -0.15) is 0 Å². The fourth-order valence-electron chi connectivity index (χ4n) is 3.10. The predicted octanol–water partition coefficient (Wildman–Crippen LogP) is 2.11. The van der Waals surface area contributed by atoms with E-state index in [1.54, 1.807) is 18.3 Å². The van der Waals surface area contributed by atoms with Crippen molar-refractivity contribution >= 4 is 16.7 Å². The van der Waals surface area contributed by atoms with Crippen molar-refractivity contribution in [2.24, 2.45) is 0 Å². The highest BCUT2D eigenvalue weighted by Gasteiger charge is 2.18. The molecule has 1 aromatic carbocycles. The van der Waals surface area contributed by atoms with Gasteiger partial charge in [0.25, 0.3) is 11.5 Å². The average Bonchev–Trinajstić information content (AvgIpc) is 2.70. The smallest absolute Gasteiger partial charge is 0.258 e. The lowest BCUT2D eigenvalue weighted by Gasteiger charge is -2.18. The van der Waals surface area contributed by atoms with Crippen molar-refractivity contribution in [1.82, 2.24) is 14.8 Å². The molecule has 7 nitrogen and oxygen atoms in total. The number of pyridine rings is 1. The zero-order chi connectivity index (χ0) is 20.0. The number of amides is 1. The number of methoxy groups -OCH3 is 2. The average molecular weight is 375 g/mol. The summed E-state index contributed by atoms with van der Waals surface area (Å²) in [5.74, 6) is 0.737. The zero-order valence-electron chi connectivity index (χ0n) is 16.8. The van der Waals surface area contributed by atoms with E-state index >= 15 is 0 Å². The van der Waals surface area contributed by atoms with Crippen LogP contribution < -0.4 is 20.3 Å². The minimum atomic E-state index is -0.207. The Morgan fingerprint density at radius 3 is 2.19 bits per heavy atom. The van der Waals surface area contributed by atoms with Crippen LogP contribution in [0.25, 0.3) is 10.8 Å². The van der Waals surface area contributed by atoms with Gasteiger partial charge in [0.05, 0.1) is 25.2 Å². The summed E-state index contributed by atoms with van der Waals surface area (Å²) in [7, 11) is 3.05. The van der Waals surface area contributed by atoms with Crippen LogP contribution in [-0.2, 0) is 6.54 Å². The molecule has 0 spiro atoms. The number of aromatic nitrogens is 1. The van der Waals surface area contributed by atoms with Gasteiger partial charge in [-0.05, 0) is 32.1 Å². The zero-order valence-corrected chi connectivity index (χ0v) is 16.8. The highest BCUT2D eigenvalue weighted by molar-refractivity contribution is 6.07. The largest absolute Gasteiger partial charge is 0.493 e. The van der Waals surface area contributed by atoms with E-state index in [1.807, 2.05) is 6.92 Å². The summed E-state index contributed by atoms with van der Waals surface area (Å²) in [5.41, 5.74) is 0.292. The Morgan fingerprint density at radius 2 is 1.67 bits per heavy atom. The van der Waals surface area contributed by atoms with Gasteiger partial charge in [0.1, 0.15) is 0 Å². The summed E-state index contributed by atoms with van der Waals surface area (Å²) in [5, 5.41) is 3.95. The Kier molecular flexibility index (Phi) is 7.24. The van der Waals surface area contributed by atoms with Gasteiger partial charge in [-0.25, -0.2) is 0 Å². The second kappa shape index (κ2) is 9.41. The minimum Gasteiger partial charge on any atom is -0.493 e. The molecule has 27 heavy (non-hydrogen) atoms. The van der Waals surface area contributed by atoms with Crippen LogP contribution in [0.3, 0.4) is 0 Å². The number of nitrogens with one attached hydrogen (secondary N) is 1. The number of hydrogen-bond donors (Lipinski definition) is 1. The van der Waals surface area contributed by atoms with Crippen molar-refractivity contribution in [3.05, 3.63) is 34.2 Å². The number of carbonyl (C=O) groups excluding carboxylic acids is 1. The van der Waals surface area contributed by atoms with Gasteiger partial charge in [-0.15, -0.1) is 0 Å². The van der Waals surface area contributed by atoms with Crippen molar-refractivity contribution in [1.29, 1.82) is 0 Å². The highest BCUT2D eigenvalue weighted by atomic mass is 16.5. The molecule has 0 aliphatic rings. The number of likely N-dealkylation sites (N-methyl/N-ethyl adjacent to an activating group) is 1. The first-order valence-corrected chi connectivity index (χ1v) is 9.30. The van der Waals surface area contributed by atoms with E-state index in [-0.39, 0.29) is 11.5 Å². The van der Waals surface area contributed by atoms with Gasteiger partial charge < -0.3 is 24.3 Å². The van der Waals surface area contributed by atoms with Crippen molar-refractivity contribution < 1.29 is 14.3 Å². The van der Waals surface area contributed by atoms with Crippen LogP contribution in [0.2, 0.25) is 0 Å². The summed E-state index contributed by atoms with van der Waals surface area (Å²) in [4.78, 5) is 27.8. The maximum Gasteiger partial charge on any atom is 0.258 e. The van der Waals surface area contributed by atoms with Gasteiger partial charge in [-0.3, -0.25) is 9.59 Å². The highest BCUT2D eigenvalue weighted by Crippen LogP contribution is 2.32. The molecule has 0 aliphatic heterocycles. The van der Waals surface area contributed by atoms with E-state index < -0.39 is 0 Å². The molecule has 0 fully saturated rings. The van der Waals surface area contributed by atoms with Crippen molar-refractivity contribution in [2.75, 3.05) is 40.4 Å². The van der Waals surface area contributed by atoms with Gasteiger partial charge in [0, 0.05) is 31.2 Å². The van der Waals surface area contributed by atoms with E-state index in [9.17, 15) is 9.59 Å². The Labute approximate surface area is 159 Å². The predicted molar refractivity (Wildman–Crippen MR) is 107 cm³/mol. The van der Waals surface area contributed by atoms with E-state index in [0.717, 1.165) is 19.6 Å². The van der Waals surface area contributed by atoms with Crippen LogP contribution in [-0.4, -0.2) is 55.8 Å². The normalized spacial score (nSPS) is 11.0. The topological polar surface area (TPSA) is 72.8 Å². The molecule has 7 heteroatoms. The third kappa shape index (κ3) is 4.42. The molecule has 2 aromatic rings. The number of ether oxygens (including phenoxy) is 2. The molecular weight excluding hydrogens is 346 g/mol. The molecule has 1 heterocycles. The van der Waals surface area contributed by atoms with Crippen LogP contribution in [0, 0.1) is 0 Å². The van der Waals surface area contributed by atoms with Crippen molar-refractivity contribution in [3.8, 4) is 11.5 Å². The standard InChI is InChI=1S/C20H29N3O4/c1-6-22(7-2)10-9-21-19(24)16-13-23(8-3)20(25)15-12-18(27-5)17(26-4)11-14(15)16/h11-13H,6-10H2,1-5H3,(H,21,24).